The maximum Gasteiger partial charge on any atom is 0.435 e. The molecule has 21 heavy (non-hydrogen) atoms. The summed E-state index contributed by atoms with van der Waals surface area (Å²) >= 11 is 0. The van der Waals surface area contributed by atoms with E-state index in [1.165, 1.54) is 0 Å². The van der Waals surface area contributed by atoms with Crippen LogP contribution in [0.2, 0.25) is 0 Å². The standard InChI is InChI=1S/C7H4F12P2/c8-1(7(17,18)19)2(9,10)4(13,14)6(16,21)5(15,20)3(1,11)12/h20-21H2. The summed E-state index contributed by atoms with van der Waals surface area (Å²) in [7, 11) is -0.142. The van der Waals surface area contributed by atoms with E-state index in [1.807, 2.05) is 0 Å². The highest BCUT2D eigenvalue weighted by atomic mass is 31.0. The molecule has 0 aliphatic heterocycles. The molecule has 5 unspecified atom stereocenters. The summed E-state index contributed by atoms with van der Waals surface area (Å²) in [5.41, 5.74) is -7.33. The van der Waals surface area contributed by atoms with Gasteiger partial charge in [0.15, 0.2) is 0 Å². The molecule has 0 radical (unpaired) electrons. The molecular formula is C7H4F12P2. The van der Waals surface area contributed by atoms with Gasteiger partial charge in [-0.1, -0.05) is 18.5 Å². The summed E-state index contributed by atoms with van der Waals surface area (Å²) in [6.07, 6.45) is -7.32. The van der Waals surface area contributed by atoms with Gasteiger partial charge in [-0.3, -0.25) is 0 Å². The Labute approximate surface area is 113 Å². The summed E-state index contributed by atoms with van der Waals surface area (Å²) in [4.78, 5) is 0. The third-order valence-corrected chi connectivity index (χ3v) is 4.99. The second kappa shape index (κ2) is 4.10. The van der Waals surface area contributed by atoms with Gasteiger partial charge in [0, 0.05) is 0 Å². The minimum absolute atomic E-state index is 0.0494. The van der Waals surface area contributed by atoms with Crippen molar-refractivity contribution in [3.63, 3.8) is 0 Å². The van der Waals surface area contributed by atoms with Crippen molar-refractivity contribution in [3.05, 3.63) is 0 Å². The Kier molecular flexibility index (Phi) is 3.72. The van der Waals surface area contributed by atoms with Crippen molar-refractivity contribution in [2.24, 2.45) is 0 Å². The van der Waals surface area contributed by atoms with E-state index in [4.69, 9.17) is 0 Å². The first-order chi connectivity index (χ1) is 8.75. The highest BCUT2D eigenvalue weighted by Gasteiger charge is 3.01. The zero-order valence-corrected chi connectivity index (χ0v) is 11.5. The van der Waals surface area contributed by atoms with Crippen molar-refractivity contribution in [1.82, 2.24) is 0 Å². The van der Waals surface area contributed by atoms with Crippen molar-refractivity contribution in [3.8, 4) is 0 Å². The van der Waals surface area contributed by atoms with Gasteiger partial charge >= 0.3 is 29.6 Å². The van der Waals surface area contributed by atoms with Crippen molar-refractivity contribution in [2.45, 2.75) is 40.4 Å². The molecule has 0 spiro atoms. The summed E-state index contributed by atoms with van der Waals surface area (Å²) in [6, 6.07) is 0. The molecule has 0 aromatic rings. The number of hydrogen-bond donors (Lipinski definition) is 0. The van der Waals surface area contributed by atoms with E-state index in [0.717, 1.165) is 0 Å². The first-order valence-corrected chi connectivity index (χ1v) is 5.75. The fourth-order valence-corrected chi connectivity index (χ4v) is 2.45. The van der Waals surface area contributed by atoms with Crippen LogP contribution in [0.4, 0.5) is 52.7 Å². The van der Waals surface area contributed by atoms with Gasteiger partial charge in [-0.2, -0.15) is 39.5 Å². The molecule has 126 valence electrons. The second-order valence-corrected chi connectivity index (χ2v) is 5.89. The highest BCUT2D eigenvalue weighted by molar-refractivity contribution is 7.25. The monoisotopic (exact) mass is 378 g/mol. The summed E-state index contributed by atoms with van der Waals surface area (Å²) in [6.45, 7) is 0. The average molecular weight is 378 g/mol. The predicted molar refractivity (Wildman–Crippen MR) is 51.8 cm³/mol. The first-order valence-electron chi connectivity index (χ1n) is 4.60. The van der Waals surface area contributed by atoms with Gasteiger partial charge in [0.1, 0.15) is 0 Å². The third-order valence-electron chi connectivity index (χ3n) is 3.09. The largest absolute Gasteiger partial charge is 0.435 e. The average Bonchev–Trinajstić information content (AvgIpc) is 2.23. The lowest BCUT2D eigenvalue weighted by Crippen LogP contribution is -2.86. The summed E-state index contributed by atoms with van der Waals surface area (Å²) < 4.78 is 156. The van der Waals surface area contributed by atoms with E-state index in [0.29, 0.717) is 0 Å². The SMILES string of the molecule is FC(F)(F)C1(F)C(F)(F)C(F)(F)C(F)(P)C(F)(P)C1(F)F. The van der Waals surface area contributed by atoms with Crippen molar-refractivity contribution < 1.29 is 52.7 Å². The van der Waals surface area contributed by atoms with Crippen LogP contribution in [0, 0.1) is 0 Å². The van der Waals surface area contributed by atoms with Crippen LogP contribution < -0.4 is 0 Å². The number of halogens is 12. The molecule has 14 heteroatoms. The molecule has 0 saturated heterocycles. The molecule has 5 atom stereocenters. The lowest BCUT2D eigenvalue weighted by atomic mass is 9.73. The van der Waals surface area contributed by atoms with Crippen LogP contribution >= 0.6 is 18.5 Å². The van der Waals surface area contributed by atoms with Crippen molar-refractivity contribution >= 4 is 18.5 Å². The normalized spacial score (nSPS) is 45.4. The Balaban J connectivity index is 3.93. The number of alkyl halides is 12. The Bertz CT molecular complexity index is 419. The van der Waals surface area contributed by atoms with Gasteiger partial charge in [-0.25, -0.2) is 13.2 Å². The molecule has 0 bridgehead atoms. The Morgan fingerprint density at radius 3 is 1.10 bits per heavy atom. The van der Waals surface area contributed by atoms with Crippen LogP contribution in [0.3, 0.4) is 0 Å². The van der Waals surface area contributed by atoms with Crippen LogP contribution in [0.5, 0.6) is 0 Å². The van der Waals surface area contributed by atoms with Gasteiger partial charge in [0.25, 0.3) is 0 Å². The molecule has 1 fully saturated rings. The smallest absolute Gasteiger partial charge is 0.228 e. The van der Waals surface area contributed by atoms with Crippen LogP contribution in [0.15, 0.2) is 0 Å². The van der Waals surface area contributed by atoms with Crippen LogP contribution in [-0.2, 0) is 0 Å². The number of hydrogen-bond acceptors (Lipinski definition) is 0. The molecule has 1 saturated carbocycles. The molecule has 1 aliphatic carbocycles. The molecule has 0 aromatic heterocycles. The fourth-order valence-electron chi connectivity index (χ4n) is 1.71. The van der Waals surface area contributed by atoms with E-state index < -0.39 is 40.4 Å². The van der Waals surface area contributed by atoms with E-state index in [2.05, 4.69) is 0 Å². The molecule has 0 amide bonds. The Morgan fingerprint density at radius 1 is 0.524 bits per heavy atom. The highest BCUT2D eigenvalue weighted by Crippen LogP contribution is 2.74. The molecule has 0 heterocycles. The zero-order chi connectivity index (χ0) is 17.5. The van der Waals surface area contributed by atoms with Gasteiger partial charge < -0.3 is 0 Å². The summed E-state index contributed by atoms with van der Waals surface area (Å²) in [5.74, 6) is -20.9. The van der Waals surface area contributed by atoms with Crippen molar-refractivity contribution in [2.75, 3.05) is 0 Å². The molecule has 0 N–H and O–H groups in total. The molecule has 1 rings (SSSR count). The fraction of sp³-hybridized carbons (Fsp3) is 1.00. The maximum absolute atomic E-state index is 13.6. The van der Waals surface area contributed by atoms with Crippen molar-refractivity contribution in [1.29, 1.82) is 0 Å². The lowest BCUT2D eigenvalue weighted by Gasteiger charge is -2.56. The lowest BCUT2D eigenvalue weighted by molar-refractivity contribution is -0.455. The topological polar surface area (TPSA) is 0 Å². The zero-order valence-electron chi connectivity index (χ0n) is 9.19. The van der Waals surface area contributed by atoms with E-state index in [9.17, 15) is 52.7 Å². The van der Waals surface area contributed by atoms with Crippen LogP contribution in [0.25, 0.3) is 0 Å². The minimum Gasteiger partial charge on any atom is -0.228 e. The Hall–Kier alpha value is 0.0200. The predicted octanol–water partition coefficient (Wildman–Crippen LogP) is 4.26. The minimum atomic E-state index is -7.33. The van der Waals surface area contributed by atoms with Gasteiger partial charge in [-0.05, 0) is 0 Å². The number of rotatable bonds is 0. The Morgan fingerprint density at radius 2 is 0.810 bits per heavy atom. The molecule has 1 aliphatic rings. The second-order valence-electron chi connectivity index (χ2n) is 4.30. The van der Waals surface area contributed by atoms with E-state index >= 15 is 0 Å². The molecule has 0 nitrogen and oxygen atoms in total. The molecular weight excluding hydrogens is 374 g/mol. The van der Waals surface area contributed by atoms with Gasteiger partial charge in [-0.15, -0.1) is 0 Å². The van der Waals surface area contributed by atoms with Crippen LogP contribution in [-0.4, -0.2) is 40.4 Å². The van der Waals surface area contributed by atoms with E-state index in [1.54, 1.807) is 0 Å². The quantitative estimate of drug-likeness (QED) is 0.437. The summed E-state index contributed by atoms with van der Waals surface area (Å²) in [5, 5.41) is -11.3. The van der Waals surface area contributed by atoms with Crippen LogP contribution in [0.1, 0.15) is 0 Å². The maximum atomic E-state index is 13.6. The van der Waals surface area contributed by atoms with Gasteiger partial charge in [0.05, 0.1) is 0 Å². The third kappa shape index (κ3) is 1.64. The van der Waals surface area contributed by atoms with Gasteiger partial charge in [0.2, 0.25) is 10.8 Å². The molecule has 0 aromatic carbocycles. The van der Waals surface area contributed by atoms with E-state index in [-0.39, 0.29) is 18.5 Å². The first kappa shape index (κ1) is 19.1.